The monoisotopic (exact) mass is 389 g/mol. The molecule has 3 aromatic heterocycles. The molecule has 1 atom stereocenters. The standard InChI is InChI=1S/C19H18F3N5O/c1-26-17(15-16(25-26)18(28)27(9-24-15)12-5-6-12)14(10-2-3-10)11-4-7-13(23-8-11)19(20,21)22/h4,7-10,12,14H,2-3,5-6H2,1H3. The normalized spacial score (nSPS) is 18.6. The summed E-state index contributed by atoms with van der Waals surface area (Å²) in [5.74, 6) is 0.0956. The van der Waals surface area contributed by atoms with Gasteiger partial charge < -0.3 is 0 Å². The first-order valence-electron chi connectivity index (χ1n) is 9.31. The molecule has 9 heteroatoms. The van der Waals surface area contributed by atoms with Crippen molar-refractivity contribution in [2.45, 2.75) is 43.8 Å². The minimum absolute atomic E-state index is 0.158. The maximum absolute atomic E-state index is 12.9. The van der Waals surface area contributed by atoms with Crippen molar-refractivity contribution in [3.63, 3.8) is 0 Å². The van der Waals surface area contributed by atoms with Gasteiger partial charge in [0.25, 0.3) is 5.56 Å². The average molecular weight is 389 g/mol. The van der Waals surface area contributed by atoms with E-state index in [2.05, 4.69) is 15.1 Å². The first-order valence-corrected chi connectivity index (χ1v) is 9.31. The van der Waals surface area contributed by atoms with Gasteiger partial charge >= 0.3 is 6.18 Å². The van der Waals surface area contributed by atoms with Crippen LogP contribution in [0.1, 0.15) is 54.6 Å². The Bertz CT molecular complexity index is 1110. The van der Waals surface area contributed by atoms with Crippen LogP contribution in [0.2, 0.25) is 0 Å². The van der Waals surface area contributed by atoms with Gasteiger partial charge in [0.2, 0.25) is 0 Å². The van der Waals surface area contributed by atoms with Crippen LogP contribution < -0.4 is 5.56 Å². The summed E-state index contributed by atoms with van der Waals surface area (Å²) in [6, 6.07) is 2.69. The van der Waals surface area contributed by atoms with Crippen molar-refractivity contribution < 1.29 is 13.2 Å². The fourth-order valence-corrected chi connectivity index (χ4v) is 3.89. The van der Waals surface area contributed by atoms with Crippen LogP contribution in [0.5, 0.6) is 0 Å². The van der Waals surface area contributed by atoms with Crippen LogP contribution in [0.15, 0.2) is 29.5 Å². The van der Waals surface area contributed by atoms with Crippen molar-refractivity contribution in [3.05, 3.63) is 52.0 Å². The van der Waals surface area contributed by atoms with E-state index in [-0.39, 0.29) is 23.4 Å². The van der Waals surface area contributed by atoms with E-state index in [9.17, 15) is 18.0 Å². The van der Waals surface area contributed by atoms with Crippen LogP contribution in [0.25, 0.3) is 11.0 Å². The highest BCUT2D eigenvalue weighted by atomic mass is 19.4. The molecule has 0 saturated heterocycles. The lowest BCUT2D eigenvalue weighted by Gasteiger charge is -2.18. The lowest BCUT2D eigenvalue weighted by atomic mass is 9.91. The quantitative estimate of drug-likeness (QED) is 0.686. The van der Waals surface area contributed by atoms with E-state index in [0.29, 0.717) is 16.6 Å². The van der Waals surface area contributed by atoms with E-state index in [1.807, 2.05) is 0 Å². The molecule has 0 bridgehead atoms. The minimum Gasteiger partial charge on any atom is -0.294 e. The Morgan fingerprint density at radius 2 is 1.86 bits per heavy atom. The summed E-state index contributed by atoms with van der Waals surface area (Å²) in [4.78, 5) is 20.9. The smallest absolute Gasteiger partial charge is 0.294 e. The second-order valence-electron chi connectivity index (χ2n) is 7.68. The number of halogens is 3. The van der Waals surface area contributed by atoms with Gasteiger partial charge in [-0.3, -0.25) is 19.0 Å². The summed E-state index contributed by atoms with van der Waals surface area (Å²) in [5.41, 5.74) is 1.23. The van der Waals surface area contributed by atoms with Crippen LogP contribution in [0.4, 0.5) is 13.2 Å². The molecule has 28 heavy (non-hydrogen) atoms. The second kappa shape index (κ2) is 5.89. The van der Waals surface area contributed by atoms with Gasteiger partial charge in [-0.05, 0) is 43.2 Å². The molecule has 2 aliphatic carbocycles. The summed E-state index contributed by atoms with van der Waals surface area (Å²) >= 11 is 0. The molecular weight excluding hydrogens is 371 g/mol. The summed E-state index contributed by atoms with van der Waals surface area (Å²) in [6.07, 6.45) is 2.26. The highest BCUT2D eigenvalue weighted by Crippen LogP contribution is 2.47. The molecule has 6 nitrogen and oxygen atoms in total. The molecule has 5 rings (SSSR count). The van der Waals surface area contributed by atoms with Gasteiger partial charge in [-0.15, -0.1) is 0 Å². The van der Waals surface area contributed by atoms with Crippen LogP contribution in [0, 0.1) is 5.92 Å². The molecule has 0 amide bonds. The topological polar surface area (TPSA) is 65.6 Å². The zero-order valence-electron chi connectivity index (χ0n) is 15.1. The molecule has 2 fully saturated rings. The number of alkyl halides is 3. The number of hydrogen-bond donors (Lipinski definition) is 0. The SMILES string of the molecule is Cn1nc2c(=O)n(C3CC3)cnc2c1C(c1ccc(C(F)(F)F)nc1)C1CC1. The molecule has 1 unspecified atom stereocenters. The first-order chi connectivity index (χ1) is 13.3. The zero-order valence-corrected chi connectivity index (χ0v) is 15.1. The van der Waals surface area contributed by atoms with Gasteiger partial charge in [0.1, 0.15) is 11.2 Å². The summed E-state index contributed by atoms with van der Waals surface area (Å²) in [5, 5.41) is 4.42. The van der Waals surface area contributed by atoms with Crippen molar-refractivity contribution in [2.75, 3.05) is 0 Å². The van der Waals surface area contributed by atoms with Gasteiger partial charge in [-0.1, -0.05) is 6.07 Å². The molecule has 0 radical (unpaired) electrons. The van der Waals surface area contributed by atoms with E-state index >= 15 is 0 Å². The third-order valence-corrected chi connectivity index (χ3v) is 5.58. The van der Waals surface area contributed by atoms with Crippen LogP contribution in [-0.4, -0.2) is 24.3 Å². The van der Waals surface area contributed by atoms with E-state index in [1.54, 1.807) is 22.6 Å². The summed E-state index contributed by atoms with van der Waals surface area (Å²) in [7, 11) is 1.75. The zero-order chi connectivity index (χ0) is 19.6. The highest BCUT2D eigenvalue weighted by Gasteiger charge is 2.39. The number of aromatic nitrogens is 5. The van der Waals surface area contributed by atoms with Crippen molar-refractivity contribution in [3.8, 4) is 0 Å². The van der Waals surface area contributed by atoms with E-state index < -0.39 is 11.9 Å². The van der Waals surface area contributed by atoms with E-state index in [4.69, 9.17) is 0 Å². The third kappa shape index (κ3) is 2.80. The molecule has 3 aromatic rings. The first kappa shape index (κ1) is 17.4. The molecule has 2 saturated carbocycles. The van der Waals surface area contributed by atoms with Crippen molar-refractivity contribution in [1.82, 2.24) is 24.3 Å². The summed E-state index contributed by atoms with van der Waals surface area (Å²) < 4.78 is 41.9. The second-order valence-corrected chi connectivity index (χ2v) is 7.68. The lowest BCUT2D eigenvalue weighted by Crippen LogP contribution is -2.19. The molecule has 2 aliphatic rings. The molecule has 0 aromatic carbocycles. The van der Waals surface area contributed by atoms with Crippen LogP contribution in [0.3, 0.4) is 0 Å². The lowest BCUT2D eigenvalue weighted by molar-refractivity contribution is -0.141. The Morgan fingerprint density at radius 1 is 1.11 bits per heavy atom. The van der Waals surface area contributed by atoms with Gasteiger partial charge in [0.15, 0.2) is 5.52 Å². The molecule has 3 heterocycles. The van der Waals surface area contributed by atoms with Gasteiger partial charge in [-0.25, -0.2) is 4.98 Å². The van der Waals surface area contributed by atoms with Crippen molar-refractivity contribution >= 4 is 11.0 Å². The van der Waals surface area contributed by atoms with Gasteiger partial charge in [0.05, 0.1) is 12.0 Å². The molecule has 0 aliphatic heterocycles. The molecule has 0 N–H and O–H groups in total. The maximum Gasteiger partial charge on any atom is 0.433 e. The Labute approximate surface area is 158 Å². The van der Waals surface area contributed by atoms with Crippen molar-refractivity contribution in [2.24, 2.45) is 13.0 Å². The highest BCUT2D eigenvalue weighted by molar-refractivity contribution is 5.77. The Morgan fingerprint density at radius 3 is 2.43 bits per heavy atom. The fraction of sp³-hybridized carbons (Fsp3) is 0.474. The number of nitrogens with zero attached hydrogens (tertiary/aromatic N) is 5. The predicted molar refractivity (Wildman–Crippen MR) is 94.8 cm³/mol. The Balaban J connectivity index is 1.63. The number of fused-ring (bicyclic) bond motifs is 1. The van der Waals surface area contributed by atoms with Crippen LogP contribution >= 0.6 is 0 Å². The average Bonchev–Trinajstić information content (AvgIpc) is 3.55. The molecular formula is C19H18F3N5O. The van der Waals surface area contributed by atoms with E-state index in [1.165, 1.54) is 12.3 Å². The van der Waals surface area contributed by atoms with Gasteiger partial charge in [-0.2, -0.15) is 18.3 Å². The molecule has 0 spiro atoms. The van der Waals surface area contributed by atoms with Gasteiger partial charge in [0, 0.05) is 25.2 Å². The number of hydrogen-bond acceptors (Lipinski definition) is 4. The Kier molecular flexibility index (Phi) is 3.66. The number of rotatable bonds is 4. The maximum atomic E-state index is 12.9. The number of aryl methyl sites for hydroxylation is 1. The molecule has 146 valence electrons. The largest absolute Gasteiger partial charge is 0.433 e. The predicted octanol–water partition coefficient (Wildman–Crippen LogP) is 3.42. The van der Waals surface area contributed by atoms with Crippen molar-refractivity contribution in [1.29, 1.82) is 0 Å². The fourth-order valence-electron chi connectivity index (χ4n) is 3.89. The third-order valence-electron chi connectivity index (χ3n) is 5.58. The minimum atomic E-state index is -4.47. The Hall–Kier alpha value is -2.71. The number of pyridine rings is 1. The van der Waals surface area contributed by atoms with E-state index in [0.717, 1.165) is 37.4 Å². The summed E-state index contributed by atoms with van der Waals surface area (Å²) in [6.45, 7) is 0. The van der Waals surface area contributed by atoms with Crippen LogP contribution in [-0.2, 0) is 13.2 Å².